The zero-order valence-electron chi connectivity index (χ0n) is 15.3. The van der Waals surface area contributed by atoms with Crippen molar-refractivity contribution in [2.45, 2.75) is 31.7 Å². The molecule has 2 aromatic rings. The maximum atomic E-state index is 10.6. The first-order valence-corrected chi connectivity index (χ1v) is 9.60. The Hall–Kier alpha value is -2.34. The summed E-state index contributed by atoms with van der Waals surface area (Å²) in [6.07, 6.45) is 4.04. The largest absolute Gasteiger partial charge is 0.508 e. The van der Waals surface area contributed by atoms with E-state index in [1.807, 2.05) is 42.5 Å². The number of allylic oxidation sites excluding steroid dienone is 2. The minimum Gasteiger partial charge on any atom is -0.508 e. The molecule has 3 atom stereocenters. The van der Waals surface area contributed by atoms with E-state index in [9.17, 15) is 9.90 Å². The number of phenols is 1. The quantitative estimate of drug-likeness (QED) is 0.618. The number of hydrogen-bond acceptors (Lipinski definition) is 4. The molecule has 0 bridgehead atoms. The van der Waals surface area contributed by atoms with Crippen molar-refractivity contribution >= 4 is 17.6 Å². The normalized spacial score (nSPS) is 22.4. The van der Waals surface area contributed by atoms with Crippen LogP contribution in [-0.2, 0) is 14.3 Å². The van der Waals surface area contributed by atoms with E-state index in [1.54, 1.807) is 18.2 Å². The van der Waals surface area contributed by atoms with E-state index < -0.39 is 12.3 Å². The number of hydrogen-bond donors (Lipinski definition) is 2. The molecule has 1 fully saturated rings. The summed E-state index contributed by atoms with van der Waals surface area (Å²) in [6, 6.07) is 14.5. The lowest BCUT2D eigenvalue weighted by atomic mass is 9.91. The summed E-state index contributed by atoms with van der Waals surface area (Å²) in [5.74, 6) is -0.663. The predicted octanol–water partition coefficient (Wildman–Crippen LogP) is 5.26. The molecule has 148 valence electrons. The van der Waals surface area contributed by atoms with Crippen LogP contribution in [0.5, 0.6) is 5.75 Å². The van der Waals surface area contributed by atoms with Crippen molar-refractivity contribution in [3.63, 3.8) is 0 Å². The van der Waals surface area contributed by atoms with Gasteiger partial charge in [-0.2, -0.15) is 0 Å². The van der Waals surface area contributed by atoms with Gasteiger partial charge in [-0.1, -0.05) is 60.2 Å². The van der Waals surface area contributed by atoms with E-state index in [0.29, 0.717) is 30.0 Å². The molecule has 5 nitrogen and oxygen atoms in total. The Morgan fingerprint density at radius 2 is 1.82 bits per heavy atom. The number of carbonyl (C=O) groups is 1. The van der Waals surface area contributed by atoms with Crippen molar-refractivity contribution in [2.75, 3.05) is 6.61 Å². The number of halogens is 1. The Morgan fingerprint density at radius 1 is 1.11 bits per heavy atom. The van der Waals surface area contributed by atoms with E-state index in [1.165, 1.54) is 0 Å². The van der Waals surface area contributed by atoms with Gasteiger partial charge in [-0.3, -0.25) is 4.79 Å². The first kappa shape index (κ1) is 20.4. The van der Waals surface area contributed by atoms with Crippen molar-refractivity contribution in [2.24, 2.45) is 5.92 Å². The highest BCUT2D eigenvalue weighted by Crippen LogP contribution is 2.43. The summed E-state index contributed by atoms with van der Waals surface area (Å²) < 4.78 is 12.2. The van der Waals surface area contributed by atoms with E-state index >= 15 is 0 Å². The minimum absolute atomic E-state index is 0.0203. The number of aromatic hydroxyl groups is 1. The van der Waals surface area contributed by atoms with E-state index in [2.05, 4.69) is 0 Å². The highest BCUT2D eigenvalue weighted by atomic mass is 35.5. The third-order valence-electron chi connectivity index (χ3n) is 4.69. The molecule has 28 heavy (non-hydrogen) atoms. The van der Waals surface area contributed by atoms with Crippen LogP contribution in [0, 0.1) is 5.92 Å². The van der Waals surface area contributed by atoms with Gasteiger partial charge in [0.05, 0.1) is 12.7 Å². The molecule has 1 aliphatic heterocycles. The van der Waals surface area contributed by atoms with Gasteiger partial charge in [-0.15, -0.1) is 0 Å². The van der Waals surface area contributed by atoms with Gasteiger partial charge in [0, 0.05) is 28.5 Å². The second-order valence-electron chi connectivity index (χ2n) is 6.70. The molecular weight excluding hydrogens is 380 g/mol. The Kier molecular flexibility index (Phi) is 7.09. The van der Waals surface area contributed by atoms with Crippen molar-refractivity contribution in [3.05, 3.63) is 76.8 Å². The lowest BCUT2D eigenvalue weighted by molar-refractivity contribution is -0.244. The first-order chi connectivity index (χ1) is 13.6. The Bertz CT molecular complexity index is 835. The molecule has 0 radical (unpaired) electrons. The van der Waals surface area contributed by atoms with Crippen molar-refractivity contribution in [3.8, 4) is 5.75 Å². The molecule has 0 amide bonds. The fraction of sp³-hybridized carbons (Fsp3) is 0.318. The van der Waals surface area contributed by atoms with Crippen molar-refractivity contribution in [1.82, 2.24) is 0 Å². The number of benzene rings is 2. The Morgan fingerprint density at radius 3 is 2.54 bits per heavy atom. The molecular formula is C22H23ClO5. The number of para-hydroxylation sites is 1. The lowest BCUT2D eigenvalue weighted by Gasteiger charge is -2.37. The third kappa shape index (κ3) is 5.13. The molecule has 0 saturated carbocycles. The fourth-order valence-electron chi connectivity index (χ4n) is 3.25. The van der Waals surface area contributed by atoms with Gasteiger partial charge in [-0.05, 0) is 25.0 Å². The van der Waals surface area contributed by atoms with Crippen LogP contribution in [0.2, 0.25) is 5.02 Å². The van der Waals surface area contributed by atoms with Crippen LogP contribution in [0.15, 0.2) is 60.7 Å². The summed E-state index contributed by atoms with van der Waals surface area (Å²) in [4.78, 5) is 10.6. The van der Waals surface area contributed by atoms with Gasteiger partial charge in [0.1, 0.15) is 5.75 Å². The SMILES string of the molecule is O=C(O)CC/C=C\C[C@H]1COC(c2ccccc2Cl)OC1c1ccccc1O. The number of carboxylic acids is 1. The molecule has 0 spiro atoms. The van der Waals surface area contributed by atoms with Crippen LogP contribution in [0.4, 0.5) is 0 Å². The second-order valence-corrected chi connectivity index (χ2v) is 7.11. The molecule has 1 aliphatic rings. The highest BCUT2D eigenvalue weighted by Gasteiger charge is 2.35. The van der Waals surface area contributed by atoms with Crippen molar-refractivity contribution in [1.29, 1.82) is 0 Å². The molecule has 0 aliphatic carbocycles. The molecule has 1 saturated heterocycles. The number of aliphatic carboxylic acids is 1. The molecule has 6 heteroatoms. The van der Waals surface area contributed by atoms with E-state index in [4.69, 9.17) is 26.2 Å². The average molecular weight is 403 g/mol. The highest BCUT2D eigenvalue weighted by molar-refractivity contribution is 6.31. The van der Waals surface area contributed by atoms with Crippen LogP contribution < -0.4 is 0 Å². The summed E-state index contributed by atoms with van der Waals surface area (Å²) in [5.41, 5.74) is 1.45. The Balaban J connectivity index is 1.77. The fourth-order valence-corrected chi connectivity index (χ4v) is 3.48. The van der Waals surface area contributed by atoms with Crippen LogP contribution >= 0.6 is 11.6 Å². The summed E-state index contributed by atoms with van der Waals surface area (Å²) >= 11 is 6.29. The average Bonchev–Trinajstić information content (AvgIpc) is 2.68. The lowest BCUT2D eigenvalue weighted by Crippen LogP contribution is -2.30. The number of phenolic OH excluding ortho intramolecular Hbond substituents is 1. The summed E-state index contributed by atoms with van der Waals surface area (Å²) in [7, 11) is 0. The third-order valence-corrected chi connectivity index (χ3v) is 5.04. The second kappa shape index (κ2) is 9.73. The monoisotopic (exact) mass is 402 g/mol. The maximum Gasteiger partial charge on any atom is 0.303 e. The standard InChI is InChI=1S/C22H23ClO5/c23-18-11-6-4-9-16(18)22-27-14-15(8-2-1-3-13-20(25)26)21(28-22)17-10-5-7-12-19(17)24/h1-2,4-7,9-12,15,21-22,24H,3,8,13-14H2,(H,25,26)/b2-1-/t15-,21?,22?/m0/s1. The molecule has 2 unspecified atom stereocenters. The Labute approximate surface area is 169 Å². The summed E-state index contributed by atoms with van der Waals surface area (Å²) in [5, 5.41) is 19.6. The van der Waals surface area contributed by atoms with Crippen LogP contribution in [0.1, 0.15) is 42.8 Å². The predicted molar refractivity (Wildman–Crippen MR) is 106 cm³/mol. The molecule has 2 N–H and O–H groups in total. The van der Waals surface area contributed by atoms with Gasteiger partial charge in [0.25, 0.3) is 0 Å². The van der Waals surface area contributed by atoms with Crippen LogP contribution in [-0.4, -0.2) is 22.8 Å². The number of ether oxygens (including phenoxy) is 2. The van der Waals surface area contributed by atoms with E-state index in [-0.39, 0.29) is 24.2 Å². The topological polar surface area (TPSA) is 76.0 Å². The van der Waals surface area contributed by atoms with Crippen molar-refractivity contribution < 1.29 is 24.5 Å². The zero-order chi connectivity index (χ0) is 19.9. The smallest absolute Gasteiger partial charge is 0.303 e. The number of carboxylic acid groups (broad SMARTS) is 1. The minimum atomic E-state index is -0.816. The van der Waals surface area contributed by atoms with Gasteiger partial charge in [-0.25, -0.2) is 0 Å². The summed E-state index contributed by atoms with van der Waals surface area (Å²) in [6.45, 7) is 0.429. The number of rotatable bonds is 7. The molecule has 0 aromatic heterocycles. The molecule has 2 aromatic carbocycles. The first-order valence-electron chi connectivity index (χ1n) is 9.22. The molecule has 1 heterocycles. The van der Waals surface area contributed by atoms with Crippen LogP contribution in [0.3, 0.4) is 0 Å². The molecule has 3 rings (SSSR count). The van der Waals surface area contributed by atoms with Gasteiger partial charge in [0.15, 0.2) is 6.29 Å². The van der Waals surface area contributed by atoms with Gasteiger partial charge in [0.2, 0.25) is 0 Å². The zero-order valence-corrected chi connectivity index (χ0v) is 16.1. The van der Waals surface area contributed by atoms with Gasteiger partial charge < -0.3 is 19.7 Å². The maximum absolute atomic E-state index is 10.6. The van der Waals surface area contributed by atoms with Gasteiger partial charge >= 0.3 is 5.97 Å². The van der Waals surface area contributed by atoms with Crippen LogP contribution in [0.25, 0.3) is 0 Å². The van der Waals surface area contributed by atoms with E-state index in [0.717, 1.165) is 5.56 Å².